The quantitative estimate of drug-likeness (QED) is 0.576. The number of para-hydroxylation sites is 2. The van der Waals surface area contributed by atoms with Gasteiger partial charge in [-0.1, -0.05) is 23.7 Å². The average Bonchev–Trinajstić information content (AvgIpc) is 2.68. The van der Waals surface area contributed by atoms with Gasteiger partial charge in [-0.3, -0.25) is 14.9 Å². The molecule has 142 valence electrons. The fourth-order valence-corrected chi connectivity index (χ4v) is 3.36. The molecule has 3 rings (SSSR count). The van der Waals surface area contributed by atoms with Crippen LogP contribution in [0, 0.1) is 10.1 Å². The maximum absolute atomic E-state index is 12.7. The minimum absolute atomic E-state index is 0.0957. The van der Waals surface area contributed by atoms with Crippen LogP contribution in [0.4, 0.5) is 11.4 Å². The molecule has 27 heavy (non-hydrogen) atoms. The second kappa shape index (κ2) is 8.26. The van der Waals surface area contributed by atoms with E-state index in [0.29, 0.717) is 32.8 Å². The largest absolute Gasteiger partial charge is 0.492 e. The first-order valence-electron chi connectivity index (χ1n) is 8.71. The van der Waals surface area contributed by atoms with Crippen molar-refractivity contribution < 1.29 is 14.5 Å². The lowest BCUT2D eigenvalue weighted by atomic mass is 10.1. The Bertz CT molecular complexity index is 851. The van der Waals surface area contributed by atoms with Gasteiger partial charge in [-0.2, -0.15) is 0 Å². The second-order valence-electron chi connectivity index (χ2n) is 6.10. The van der Waals surface area contributed by atoms with Crippen LogP contribution in [0.1, 0.15) is 17.3 Å². The highest BCUT2D eigenvalue weighted by molar-refractivity contribution is 6.34. The minimum atomic E-state index is -0.533. The van der Waals surface area contributed by atoms with Crippen molar-refractivity contribution in [2.24, 2.45) is 0 Å². The summed E-state index contributed by atoms with van der Waals surface area (Å²) in [6, 6.07) is 11.8. The maximum atomic E-state index is 12.7. The Morgan fingerprint density at radius 1 is 1.19 bits per heavy atom. The zero-order chi connectivity index (χ0) is 19.4. The van der Waals surface area contributed by atoms with Gasteiger partial charge in [0.05, 0.1) is 27.8 Å². The number of piperazine rings is 1. The number of hydrogen-bond acceptors (Lipinski definition) is 5. The monoisotopic (exact) mass is 389 g/mol. The van der Waals surface area contributed by atoms with Crippen LogP contribution in [-0.4, -0.2) is 48.5 Å². The summed E-state index contributed by atoms with van der Waals surface area (Å²) in [5, 5.41) is 10.9. The van der Waals surface area contributed by atoms with E-state index in [-0.39, 0.29) is 22.2 Å². The van der Waals surface area contributed by atoms with Gasteiger partial charge < -0.3 is 14.5 Å². The molecule has 2 aromatic carbocycles. The number of anilines is 1. The molecule has 1 heterocycles. The van der Waals surface area contributed by atoms with Gasteiger partial charge in [0.15, 0.2) is 0 Å². The van der Waals surface area contributed by atoms with Gasteiger partial charge in [0.2, 0.25) is 0 Å². The third-order valence-electron chi connectivity index (χ3n) is 4.47. The van der Waals surface area contributed by atoms with E-state index in [1.807, 2.05) is 31.2 Å². The Labute approximate surface area is 162 Å². The van der Waals surface area contributed by atoms with Crippen LogP contribution in [0.25, 0.3) is 0 Å². The van der Waals surface area contributed by atoms with Gasteiger partial charge >= 0.3 is 0 Å². The third kappa shape index (κ3) is 4.14. The number of nitro groups is 1. The zero-order valence-corrected chi connectivity index (χ0v) is 15.7. The Balaban J connectivity index is 1.69. The fraction of sp³-hybridized carbons (Fsp3) is 0.316. The Morgan fingerprint density at radius 2 is 1.89 bits per heavy atom. The van der Waals surface area contributed by atoms with Crippen molar-refractivity contribution in [3.8, 4) is 5.75 Å². The number of hydrogen-bond donors (Lipinski definition) is 0. The van der Waals surface area contributed by atoms with E-state index < -0.39 is 4.92 Å². The highest BCUT2D eigenvalue weighted by Gasteiger charge is 2.25. The fourth-order valence-electron chi connectivity index (χ4n) is 3.11. The lowest BCUT2D eigenvalue weighted by molar-refractivity contribution is -0.384. The standard InChI is InChI=1S/C19H20ClN3O4/c1-2-27-18-6-4-3-5-17(18)21-9-11-22(12-10-21)19(24)15-8-7-14(23(25)26)13-16(15)20/h3-8,13H,2,9-12H2,1H3. The van der Waals surface area contributed by atoms with Crippen molar-refractivity contribution in [3.05, 3.63) is 63.2 Å². The summed E-state index contributed by atoms with van der Waals surface area (Å²) in [6.07, 6.45) is 0. The van der Waals surface area contributed by atoms with E-state index in [0.717, 1.165) is 11.4 Å². The molecular formula is C19H20ClN3O4. The molecule has 0 aromatic heterocycles. The smallest absolute Gasteiger partial charge is 0.270 e. The van der Waals surface area contributed by atoms with E-state index in [4.69, 9.17) is 16.3 Å². The summed E-state index contributed by atoms with van der Waals surface area (Å²) >= 11 is 6.09. The van der Waals surface area contributed by atoms with E-state index in [2.05, 4.69) is 4.90 Å². The molecule has 0 bridgehead atoms. The molecule has 0 saturated carbocycles. The molecule has 1 saturated heterocycles. The van der Waals surface area contributed by atoms with Gasteiger partial charge in [-0.25, -0.2) is 0 Å². The first-order chi connectivity index (χ1) is 13.0. The number of carbonyl (C=O) groups is 1. The molecule has 0 unspecified atom stereocenters. The minimum Gasteiger partial charge on any atom is -0.492 e. The summed E-state index contributed by atoms with van der Waals surface area (Å²) in [6.45, 7) is 4.94. The second-order valence-corrected chi connectivity index (χ2v) is 6.51. The number of ether oxygens (including phenoxy) is 1. The van der Waals surface area contributed by atoms with Crippen molar-refractivity contribution in [1.82, 2.24) is 4.90 Å². The summed E-state index contributed by atoms with van der Waals surface area (Å²) < 4.78 is 5.69. The number of nitro benzene ring substituents is 1. The van der Waals surface area contributed by atoms with E-state index in [1.165, 1.54) is 18.2 Å². The van der Waals surface area contributed by atoms with E-state index in [1.54, 1.807) is 4.90 Å². The molecule has 1 fully saturated rings. The van der Waals surface area contributed by atoms with Crippen molar-refractivity contribution in [2.75, 3.05) is 37.7 Å². The third-order valence-corrected chi connectivity index (χ3v) is 4.78. The number of non-ortho nitro benzene ring substituents is 1. The highest BCUT2D eigenvalue weighted by Crippen LogP contribution is 2.29. The number of nitrogens with zero attached hydrogens (tertiary/aromatic N) is 3. The van der Waals surface area contributed by atoms with Gasteiger partial charge in [0.1, 0.15) is 5.75 Å². The van der Waals surface area contributed by atoms with Gasteiger partial charge in [-0.15, -0.1) is 0 Å². The lowest BCUT2D eigenvalue weighted by Crippen LogP contribution is -2.49. The molecule has 1 amide bonds. The SMILES string of the molecule is CCOc1ccccc1N1CCN(C(=O)c2ccc([N+](=O)[O-])cc2Cl)CC1. The van der Waals surface area contributed by atoms with Gasteiger partial charge in [0, 0.05) is 38.3 Å². The van der Waals surface area contributed by atoms with Gasteiger partial charge in [-0.05, 0) is 25.1 Å². The van der Waals surface area contributed by atoms with Crippen molar-refractivity contribution in [2.45, 2.75) is 6.92 Å². The van der Waals surface area contributed by atoms with Crippen LogP contribution < -0.4 is 9.64 Å². The molecular weight excluding hydrogens is 370 g/mol. The first-order valence-corrected chi connectivity index (χ1v) is 9.09. The predicted molar refractivity (Wildman–Crippen MR) is 104 cm³/mol. The van der Waals surface area contributed by atoms with Crippen molar-refractivity contribution in [1.29, 1.82) is 0 Å². The van der Waals surface area contributed by atoms with Crippen LogP contribution in [-0.2, 0) is 0 Å². The summed E-state index contributed by atoms with van der Waals surface area (Å²) in [5.41, 5.74) is 1.17. The molecule has 1 aliphatic rings. The molecule has 0 aliphatic carbocycles. The molecule has 7 nitrogen and oxygen atoms in total. The average molecular weight is 390 g/mol. The van der Waals surface area contributed by atoms with Crippen LogP contribution >= 0.6 is 11.6 Å². The Hall–Kier alpha value is -2.80. The summed E-state index contributed by atoms with van der Waals surface area (Å²) in [5.74, 6) is 0.617. The molecule has 2 aromatic rings. The molecule has 1 aliphatic heterocycles. The van der Waals surface area contributed by atoms with Crippen LogP contribution in [0.2, 0.25) is 5.02 Å². The lowest BCUT2D eigenvalue weighted by Gasteiger charge is -2.36. The van der Waals surface area contributed by atoms with E-state index >= 15 is 0 Å². The van der Waals surface area contributed by atoms with Crippen LogP contribution in [0.15, 0.2) is 42.5 Å². The van der Waals surface area contributed by atoms with Crippen LogP contribution in [0.5, 0.6) is 5.75 Å². The molecule has 8 heteroatoms. The summed E-state index contributed by atoms with van der Waals surface area (Å²) in [7, 11) is 0. The number of carbonyl (C=O) groups excluding carboxylic acids is 1. The van der Waals surface area contributed by atoms with Gasteiger partial charge in [0.25, 0.3) is 11.6 Å². The van der Waals surface area contributed by atoms with Crippen LogP contribution in [0.3, 0.4) is 0 Å². The Kier molecular flexibility index (Phi) is 5.81. The molecule has 0 spiro atoms. The number of rotatable bonds is 5. The normalized spacial score (nSPS) is 14.1. The number of halogens is 1. The molecule has 0 N–H and O–H groups in total. The molecule has 0 radical (unpaired) electrons. The number of amides is 1. The van der Waals surface area contributed by atoms with E-state index in [9.17, 15) is 14.9 Å². The maximum Gasteiger partial charge on any atom is 0.270 e. The predicted octanol–water partition coefficient (Wildman–Crippen LogP) is 3.61. The molecule has 0 atom stereocenters. The summed E-state index contributed by atoms with van der Waals surface area (Å²) in [4.78, 5) is 26.9. The topological polar surface area (TPSA) is 75.9 Å². The Morgan fingerprint density at radius 3 is 2.52 bits per heavy atom. The first kappa shape index (κ1) is 19.0. The highest BCUT2D eigenvalue weighted by atomic mass is 35.5. The van der Waals surface area contributed by atoms with Crippen molar-refractivity contribution >= 4 is 28.9 Å². The zero-order valence-electron chi connectivity index (χ0n) is 14.9. The van der Waals surface area contributed by atoms with Crippen molar-refractivity contribution in [3.63, 3.8) is 0 Å². The number of benzene rings is 2.